The molecule has 0 unspecified atom stereocenters. The molecule has 1 fully saturated rings. The summed E-state index contributed by atoms with van der Waals surface area (Å²) < 4.78 is 19.0. The highest BCUT2D eigenvalue weighted by molar-refractivity contribution is 5.67. The van der Waals surface area contributed by atoms with E-state index < -0.39 is 11.7 Å². The number of carbonyl (C=O) groups excluding carboxylic acids is 1. The molecule has 0 spiro atoms. The highest BCUT2D eigenvalue weighted by Gasteiger charge is 2.17. The lowest BCUT2D eigenvalue weighted by Gasteiger charge is -2.20. The van der Waals surface area contributed by atoms with Crippen molar-refractivity contribution in [2.75, 3.05) is 13.1 Å². The molecular weight excluding hydrogens is 283 g/mol. The molecular formula is C17H25FN2O2. The summed E-state index contributed by atoms with van der Waals surface area (Å²) in [7, 11) is 0. The number of hydrogen-bond donors (Lipinski definition) is 1. The van der Waals surface area contributed by atoms with E-state index in [2.05, 4.69) is 10.2 Å². The average molecular weight is 308 g/mol. The molecule has 0 aliphatic carbocycles. The Morgan fingerprint density at radius 1 is 1.32 bits per heavy atom. The van der Waals surface area contributed by atoms with Gasteiger partial charge in [0.2, 0.25) is 0 Å². The molecule has 122 valence electrons. The van der Waals surface area contributed by atoms with Crippen LogP contribution in [0.3, 0.4) is 0 Å². The third-order valence-corrected chi connectivity index (χ3v) is 3.54. The van der Waals surface area contributed by atoms with Crippen molar-refractivity contribution in [3.05, 3.63) is 35.1 Å². The molecule has 1 heterocycles. The molecule has 1 amide bonds. The molecule has 1 aliphatic heterocycles. The van der Waals surface area contributed by atoms with Crippen LogP contribution in [0.5, 0.6) is 0 Å². The predicted octanol–water partition coefficient (Wildman–Crippen LogP) is 3.45. The van der Waals surface area contributed by atoms with Gasteiger partial charge in [0.25, 0.3) is 0 Å². The SMILES string of the molecule is CC(C)(C)OC(=O)NCc1cc(CN2CCCC2)ccc1F. The molecule has 1 aromatic carbocycles. The lowest BCUT2D eigenvalue weighted by Crippen LogP contribution is -2.32. The predicted molar refractivity (Wildman–Crippen MR) is 84.0 cm³/mol. The molecule has 22 heavy (non-hydrogen) atoms. The fraction of sp³-hybridized carbons (Fsp3) is 0.588. The minimum atomic E-state index is -0.555. The van der Waals surface area contributed by atoms with Crippen LogP contribution in [-0.4, -0.2) is 29.7 Å². The Morgan fingerprint density at radius 3 is 2.64 bits per heavy atom. The van der Waals surface area contributed by atoms with Crippen molar-refractivity contribution < 1.29 is 13.9 Å². The van der Waals surface area contributed by atoms with E-state index >= 15 is 0 Å². The van der Waals surface area contributed by atoms with Crippen LogP contribution in [0.1, 0.15) is 44.7 Å². The molecule has 0 radical (unpaired) electrons. The molecule has 5 heteroatoms. The van der Waals surface area contributed by atoms with Crippen LogP contribution in [0.15, 0.2) is 18.2 Å². The number of likely N-dealkylation sites (tertiary alicyclic amines) is 1. The van der Waals surface area contributed by atoms with Gasteiger partial charge < -0.3 is 10.1 Å². The largest absolute Gasteiger partial charge is 0.444 e. The number of amides is 1. The fourth-order valence-electron chi connectivity index (χ4n) is 2.54. The number of rotatable bonds is 4. The van der Waals surface area contributed by atoms with E-state index in [1.165, 1.54) is 18.9 Å². The van der Waals surface area contributed by atoms with E-state index in [0.29, 0.717) is 5.56 Å². The third-order valence-electron chi connectivity index (χ3n) is 3.54. The van der Waals surface area contributed by atoms with E-state index in [1.54, 1.807) is 20.8 Å². The maximum atomic E-state index is 13.9. The van der Waals surface area contributed by atoms with Crippen molar-refractivity contribution in [2.24, 2.45) is 0 Å². The highest BCUT2D eigenvalue weighted by atomic mass is 19.1. The van der Waals surface area contributed by atoms with Crippen LogP contribution in [0.4, 0.5) is 9.18 Å². The van der Waals surface area contributed by atoms with Crippen LogP contribution in [-0.2, 0) is 17.8 Å². The van der Waals surface area contributed by atoms with Crippen LogP contribution in [0.2, 0.25) is 0 Å². The van der Waals surface area contributed by atoms with E-state index in [4.69, 9.17) is 4.74 Å². The number of nitrogens with zero attached hydrogens (tertiary/aromatic N) is 1. The summed E-state index contributed by atoms with van der Waals surface area (Å²) in [5.41, 5.74) is 1.01. The van der Waals surface area contributed by atoms with E-state index in [1.807, 2.05) is 12.1 Å². The maximum Gasteiger partial charge on any atom is 0.407 e. The summed E-state index contributed by atoms with van der Waals surface area (Å²) in [4.78, 5) is 14.0. The van der Waals surface area contributed by atoms with E-state index in [9.17, 15) is 9.18 Å². The number of alkyl carbamates (subject to hydrolysis) is 1. The van der Waals surface area contributed by atoms with Gasteiger partial charge >= 0.3 is 6.09 Å². The zero-order valence-corrected chi connectivity index (χ0v) is 13.6. The quantitative estimate of drug-likeness (QED) is 0.926. The van der Waals surface area contributed by atoms with Crippen molar-refractivity contribution in [2.45, 2.75) is 52.3 Å². The number of nitrogens with one attached hydrogen (secondary N) is 1. The standard InChI is InChI=1S/C17H25FN2O2/c1-17(2,3)22-16(21)19-11-14-10-13(6-7-15(14)18)12-20-8-4-5-9-20/h6-7,10H,4-5,8-9,11-12H2,1-3H3,(H,19,21). The number of hydrogen-bond acceptors (Lipinski definition) is 3. The molecule has 0 atom stereocenters. The van der Waals surface area contributed by atoms with Crippen LogP contribution in [0.25, 0.3) is 0 Å². The first-order chi connectivity index (χ1) is 10.3. The maximum absolute atomic E-state index is 13.9. The average Bonchev–Trinajstić information content (AvgIpc) is 2.90. The molecule has 0 saturated carbocycles. The summed E-state index contributed by atoms with van der Waals surface area (Å²) >= 11 is 0. The Bertz CT molecular complexity index is 520. The Hall–Kier alpha value is -1.62. The van der Waals surface area contributed by atoms with Crippen molar-refractivity contribution in [3.8, 4) is 0 Å². The number of benzene rings is 1. The van der Waals surface area contributed by atoms with Crippen molar-refractivity contribution in [1.82, 2.24) is 10.2 Å². The lowest BCUT2D eigenvalue weighted by atomic mass is 10.1. The Labute approximate surface area is 131 Å². The highest BCUT2D eigenvalue weighted by Crippen LogP contribution is 2.16. The molecule has 4 nitrogen and oxygen atoms in total. The van der Waals surface area contributed by atoms with E-state index in [0.717, 1.165) is 25.2 Å². The normalized spacial score (nSPS) is 15.8. The summed E-state index contributed by atoms with van der Waals surface area (Å²) in [5.74, 6) is -0.304. The molecule has 0 bridgehead atoms. The second kappa shape index (κ2) is 7.09. The van der Waals surface area contributed by atoms with Gasteiger partial charge in [-0.3, -0.25) is 4.90 Å². The third kappa shape index (κ3) is 5.30. The van der Waals surface area contributed by atoms with Gasteiger partial charge in [-0.25, -0.2) is 9.18 Å². The molecule has 1 saturated heterocycles. The number of carbonyl (C=O) groups is 1. The zero-order chi connectivity index (χ0) is 16.2. The lowest BCUT2D eigenvalue weighted by molar-refractivity contribution is 0.0523. The summed E-state index contributed by atoms with van der Waals surface area (Å²) in [6.45, 7) is 8.55. The van der Waals surface area contributed by atoms with Crippen LogP contribution in [0, 0.1) is 5.82 Å². The Morgan fingerprint density at radius 2 is 2.00 bits per heavy atom. The summed E-state index contributed by atoms with van der Waals surface area (Å²) in [5, 5.41) is 2.60. The summed E-state index contributed by atoms with van der Waals surface area (Å²) in [6.07, 6.45) is 1.93. The zero-order valence-electron chi connectivity index (χ0n) is 13.6. The summed E-state index contributed by atoms with van der Waals surface area (Å²) in [6, 6.07) is 5.10. The fourth-order valence-corrected chi connectivity index (χ4v) is 2.54. The van der Waals surface area contributed by atoms with Gasteiger partial charge in [0.15, 0.2) is 0 Å². The first kappa shape index (κ1) is 16.7. The van der Waals surface area contributed by atoms with Gasteiger partial charge in [-0.1, -0.05) is 6.07 Å². The van der Waals surface area contributed by atoms with Gasteiger partial charge in [0, 0.05) is 18.7 Å². The second-order valence-electron chi connectivity index (χ2n) is 6.76. The minimum Gasteiger partial charge on any atom is -0.444 e. The topological polar surface area (TPSA) is 41.6 Å². The molecule has 1 N–H and O–H groups in total. The molecule has 1 aliphatic rings. The van der Waals surface area contributed by atoms with Gasteiger partial charge in [0.05, 0.1) is 0 Å². The van der Waals surface area contributed by atoms with Gasteiger partial charge in [0.1, 0.15) is 11.4 Å². The number of halogens is 1. The first-order valence-electron chi connectivity index (χ1n) is 7.80. The monoisotopic (exact) mass is 308 g/mol. The van der Waals surface area contributed by atoms with Gasteiger partial charge in [-0.2, -0.15) is 0 Å². The van der Waals surface area contributed by atoms with Gasteiger partial charge in [-0.15, -0.1) is 0 Å². The molecule has 0 aromatic heterocycles. The van der Waals surface area contributed by atoms with Crippen LogP contribution >= 0.6 is 0 Å². The smallest absolute Gasteiger partial charge is 0.407 e. The first-order valence-corrected chi connectivity index (χ1v) is 7.80. The Balaban J connectivity index is 1.93. The van der Waals surface area contributed by atoms with Gasteiger partial charge in [-0.05, 0) is 64.4 Å². The van der Waals surface area contributed by atoms with Crippen molar-refractivity contribution in [1.29, 1.82) is 0 Å². The molecule has 2 rings (SSSR count). The van der Waals surface area contributed by atoms with Crippen LogP contribution < -0.4 is 5.32 Å². The number of ether oxygens (including phenoxy) is 1. The Kier molecular flexibility index (Phi) is 5.40. The van der Waals surface area contributed by atoms with Crippen molar-refractivity contribution in [3.63, 3.8) is 0 Å². The second-order valence-corrected chi connectivity index (χ2v) is 6.76. The van der Waals surface area contributed by atoms with E-state index in [-0.39, 0.29) is 12.4 Å². The minimum absolute atomic E-state index is 0.134. The molecule has 1 aromatic rings. The van der Waals surface area contributed by atoms with Crippen molar-refractivity contribution >= 4 is 6.09 Å².